The predicted molar refractivity (Wildman–Crippen MR) is 47.8 cm³/mol. The SMILES string of the molecule is N#CC1CCCC1NC(CO)CO. The average molecular weight is 184 g/mol. The number of nitriles is 1. The van der Waals surface area contributed by atoms with Crippen LogP contribution in [0.3, 0.4) is 0 Å². The number of hydrogen-bond acceptors (Lipinski definition) is 4. The molecular formula is C9H16N2O2. The number of nitrogens with one attached hydrogen (secondary N) is 1. The van der Waals surface area contributed by atoms with Crippen LogP contribution in [0.2, 0.25) is 0 Å². The van der Waals surface area contributed by atoms with Gasteiger partial charge in [0.15, 0.2) is 0 Å². The molecule has 1 saturated carbocycles. The zero-order valence-electron chi connectivity index (χ0n) is 7.61. The van der Waals surface area contributed by atoms with Crippen molar-refractivity contribution in [1.82, 2.24) is 5.32 Å². The minimum atomic E-state index is -0.279. The Kier molecular flexibility index (Phi) is 4.16. The summed E-state index contributed by atoms with van der Waals surface area (Å²) in [5, 5.41) is 29.6. The molecule has 74 valence electrons. The molecule has 1 aliphatic carbocycles. The van der Waals surface area contributed by atoms with E-state index >= 15 is 0 Å². The number of rotatable bonds is 4. The van der Waals surface area contributed by atoms with E-state index in [1.165, 1.54) is 0 Å². The van der Waals surface area contributed by atoms with Gasteiger partial charge in [-0.05, 0) is 12.8 Å². The van der Waals surface area contributed by atoms with E-state index in [0.717, 1.165) is 19.3 Å². The fourth-order valence-electron chi connectivity index (χ4n) is 1.78. The van der Waals surface area contributed by atoms with Crippen molar-refractivity contribution in [3.8, 4) is 6.07 Å². The molecule has 3 N–H and O–H groups in total. The number of aliphatic hydroxyl groups is 2. The molecule has 0 aromatic heterocycles. The Morgan fingerprint density at radius 3 is 2.62 bits per heavy atom. The van der Waals surface area contributed by atoms with E-state index in [0.29, 0.717) is 0 Å². The first-order chi connectivity index (χ1) is 6.31. The highest BCUT2D eigenvalue weighted by atomic mass is 16.3. The molecular weight excluding hydrogens is 168 g/mol. The summed E-state index contributed by atoms with van der Waals surface area (Å²) in [6, 6.07) is 2.11. The third kappa shape index (κ3) is 2.66. The van der Waals surface area contributed by atoms with Gasteiger partial charge in [-0.2, -0.15) is 5.26 Å². The largest absolute Gasteiger partial charge is 0.395 e. The molecule has 0 heterocycles. The molecule has 1 rings (SSSR count). The molecule has 1 aliphatic rings. The molecule has 0 aromatic rings. The lowest BCUT2D eigenvalue weighted by Gasteiger charge is -2.21. The quantitative estimate of drug-likeness (QED) is 0.556. The van der Waals surface area contributed by atoms with Gasteiger partial charge in [-0.1, -0.05) is 6.42 Å². The lowest BCUT2D eigenvalue weighted by Crippen LogP contribution is -2.44. The Morgan fingerprint density at radius 1 is 1.38 bits per heavy atom. The maximum atomic E-state index is 8.84. The van der Waals surface area contributed by atoms with Crippen LogP contribution < -0.4 is 5.32 Å². The molecule has 0 saturated heterocycles. The van der Waals surface area contributed by atoms with Crippen LogP contribution in [0.15, 0.2) is 0 Å². The second-order valence-corrected chi connectivity index (χ2v) is 3.50. The van der Waals surface area contributed by atoms with Gasteiger partial charge in [0.1, 0.15) is 0 Å². The Bertz CT molecular complexity index is 187. The molecule has 2 atom stereocenters. The first-order valence-electron chi connectivity index (χ1n) is 4.69. The molecule has 4 nitrogen and oxygen atoms in total. The van der Waals surface area contributed by atoms with Gasteiger partial charge >= 0.3 is 0 Å². The summed E-state index contributed by atoms with van der Waals surface area (Å²) in [5.74, 6) is 0.0422. The Morgan fingerprint density at radius 2 is 2.08 bits per heavy atom. The van der Waals surface area contributed by atoms with E-state index in [1.54, 1.807) is 0 Å². The lowest BCUT2D eigenvalue weighted by molar-refractivity contribution is 0.159. The Hall–Kier alpha value is -0.630. The van der Waals surface area contributed by atoms with Crippen molar-refractivity contribution >= 4 is 0 Å². The maximum Gasteiger partial charge on any atom is 0.0672 e. The van der Waals surface area contributed by atoms with Gasteiger partial charge in [0.2, 0.25) is 0 Å². The average Bonchev–Trinajstić information content (AvgIpc) is 2.61. The van der Waals surface area contributed by atoms with E-state index in [2.05, 4.69) is 11.4 Å². The predicted octanol–water partition coefficient (Wildman–Crippen LogP) is -0.379. The van der Waals surface area contributed by atoms with Gasteiger partial charge in [0.05, 0.1) is 31.2 Å². The second kappa shape index (κ2) is 5.18. The fourth-order valence-corrected chi connectivity index (χ4v) is 1.78. The topological polar surface area (TPSA) is 76.3 Å². The monoisotopic (exact) mass is 184 g/mol. The third-order valence-corrected chi connectivity index (χ3v) is 2.57. The minimum Gasteiger partial charge on any atom is -0.395 e. The zero-order chi connectivity index (χ0) is 9.68. The van der Waals surface area contributed by atoms with Gasteiger partial charge in [-0.3, -0.25) is 0 Å². The summed E-state index contributed by atoms with van der Waals surface area (Å²) in [4.78, 5) is 0. The van der Waals surface area contributed by atoms with Crippen LogP contribution in [0, 0.1) is 17.2 Å². The van der Waals surface area contributed by atoms with Crippen LogP contribution in [-0.4, -0.2) is 35.5 Å². The second-order valence-electron chi connectivity index (χ2n) is 3.50. The van der Waals surface area contributed by atoms with Crippen LogP contribution in [0.4, 0.5) is 0 Å². The summed E-state index contributed by atoms with van der Waals surface area (Å²) in [7, 11) is 0. The lowest BCUT2D eigenvalue weighted by atomic mass is 10.1. The van der Waals surface area contributed by atoms with Gasteiger partial charge in [0.25, 0.3) is 0 Å². The number of aliphatic hydroxyl groups excluding tert-OH is 2. The number of nitrogens with zero attached hydrogens (tertiary/aromatic N) is 1. The molecule has 13 heavy (non-hydrogen) atoms. The van der Waals surface area contributed by atoms with E-state index in [9.17, 15) is 0 Å². The van der Waals surface area contributed by atoms with Crippen LogP contribution >= 0.6 is 0 Å². The standard InChI is InChI=1S/C9H16N2O2/c10-4-7-2-1-3-9(7)11-8(5-12)6-13/h7-9,11-13H,1-3,5-6H2. The highest BCUT2D eigenvalue weighted by molar-refractivity contribution is 4.97. The van der Waals surface area contributed by atoms with Crippen LogP contribution in [-0.2, 0) is 0 Å². The van der Waals surface area contributed by atoms with Crippen molar-refractivity contribution in [2.45, 2.75) is 31.3 Å². The van der Waals surface area contributed by atoms with Gasteiger partial charge in [-0.25, -0.2) is 0 Å². The third-order valence-electron chi connectivity index (χ3n) is 2.57. The van der Waals surface area contributed by atoms with Crippen molar-refractivity contribution in [2.24, 2.45) is 5.92 Å². The molecule has 2 unspecified atom stereocenters. The first-order valence-corrected chi connectivity index (χ1v) is 4.69. The van der Waals surface area contributed by atoms with Crippen molar-refractivity contribution in [3.05, 3.63) is 0 Å². The van der Waals surface area contributed by atoms with Crippen LogP contribution in [0.25, 0.3) is 0 Å². The van der Waals surface area contributed by atoms with Crippen LogP contribution in [0.5, 0.6) is 0 Å². The maximum absolute atomic E-state index is 8.84. The molecule has 4 heteroatoms. The van der Waals surface area contributed by atoms with E-state index in [1.807, 2.05) is 0 Å². The van der Waals surface area contributed by atoms with Gasteiger partial charge < -0.3 is 15.5 Å². The summed E-state index contributed by atoms with van der Waals surface area (Å²) in [6.07, 6.45) is 2.95. The molecule has 0 amide bonds. The summed E-state index contributed by atoms with van der Waals surface area (Å²) in [6.45, 7) is -0.156. The van der Waals surface area contributed by atoms with Crippen molar-refractivity contribution < 1.29 is 10.2 Å². The van der Waals surface area contributed by atoms with E-state index in [4.69, 9.17) is 15.5 Å². The molecule has 0 radical (unpaired) electrons. The number of hydrogen-bond donors (Lipinski definition) is 3. The fraction of sp³-hybridized carbons (Fsp3) is 0.889. The zero-order valence-corrected chi connectivity index (χ0v) is 7.61. The van der Waals surface area contributed by atoms with E-state index in [-0.39, 0.29) is 31.2 Å². The van der Waals surface area contributed by atoms with Crippen LogP contribution in [0.1, 0.15) is 19.3 Å². The molecule has 0 aromatic carbocycles. The Labute approximate surface area is 78.2 Å². The van der Waals surface area contributed by atoms with Crippen molar-refractivity contribution in [1.29, 1.82) is 5.26 Å². The Balaban J connectivity index is 2.39. The summed E-state index contributed by atoms with van der Waals surface area (Å²) < 4.78 is 0. The van der Waals surface area contributed by atoms with E-state index < -0.39 is 0 Å². The normalized spacial score (nSPS) is 27.8. The highest BCUT2D eigenvalue weighted by Crippen LogP contribution is 2.24. The van der Waals surface area contributed by atoms with Crippen molar-refractivity contribution in [3.63, 3.8) is 0 Å². The van der Waals surface area contributed by atoms with Crippen molar-refractivity contribution in [2.75, 3.05) is 13.2 Å². The summed E-state index contributed by atoms with van der Waals surface area (Å²) in [5.41, 5.74) is 0. The smallest absolute Gasteiger partial charge is 0.0672 e. The first kappa shape index (κ1) is 10.5. The molecule has 0 bridgehead atoms. The molecule has 0 spiro atoms. The highest BCUT2D eigenvalue weighted by Gasteiger charge is 2.28. The molecule has 1 fully saturated rings. The van der Waals surface area contributed by atoms with Gasteiger partial charge in [0, 0.05) is 6.04 Å². The molecule has 0 aliphatic heterocycles. The van der Waals surface area contributed by atoms with Gasteiger partial charge in [-0.15, -0.1) is 0 Å². The summed E-state index contributed by atoms with van der Waals surface area (Å²) >= 11 is 0. The minimum absolute atomic E-state index is 0.0422.